The fourth-order valence-electron chi connectivity index (χ4n) is 3.54. The number of terminal acetylenes is 1. The molecule has 3 aromatic carbocycles. The summed E-state index contributed by atoms with van der Waals surface area (Å²) in [5.41, 5.74) is 1.76. The van der Waals surface area contributed by atoms with Gasteiger partial charge in [-0.1, -0.05) is 34.0 Å². The van der Waals surface area contributed by atoms with Crippen LogP contribution in [-0.4, -0.2) is 22.5 Å². The zero-order valence-corrected chi connectivity index (χ0v) is 23.7. The number of furan rings is 1. The van der Waals surface area contributed by atoms with Crippen molar-refractivity contribution in [1.82, 2.24) is 9.66 Å². The molecule has 0 spiro atoms. The number of hydrogen-bond acceptors (Lipinski definition) is 5. The topological polar surface area (TPSA) is 69.6 Å². The van der Waals surface area contributed by atoms with Gasteiger partial charge in [0.2, 0.25) is 5.82 Å². The van der Waals surface area contributed by atoms with E-state index in [1.54, 1.807) is 24.4 Å². The van der Waals surface area contributed by atoms with Crippen LogP contribution < -0.4 is 10.3 Å². The third-order valence-corrected chi connectivity index (χ3v) is 7.19. The summed E-state index contributed by atoms with van der Waals surface area (Å²) in [5.74, 6) is 3.96. The highest BCUT2D eigenvalue weighted by Gasteiger charge is 2.17. The fraction of sp³-hybridized carbons (Fsp3) is 0.0385. The summed E-state index contributed by atoms with van der Waals surface area (Å²) in [4.78, 5) is 18.2. The second-order valence-corrected chi connectivity index (χ2v) is 10.7. The molecule has 0 saturated carbocycles. The molecule has 5 rings (SSSR count). The summed E-state index contributed by atoms with van der Waals surface area (Å²) in [6, 6.07) is 18.6. The Morgan fingerprint density at radius 3 is 2.69 bits per heavy atom. The van der Waals surface area contributed by atoms with Gasteiger partial charge in [-0.3, -0.25) is 4.79 Å². The molecule has 0 atom stereocenters. The van der Waals surface area contributed by atoms with Gasteiger partial charge in [-0.05, 0) is 99.3 Å². The lowest BCUT2D eigenvalue weighted by atomic mass is 10.2. The molecule has 0 bridgehead atoms. The van der Waals surface area contributed by atoms with Crippen LogP contribution in [0.15, 0.2) is 79.4 Å². The van der Waals surface area contributed by atoms with Crippen LogP contribution in [0.1, 0.15) is 5.56 Å². The van der Waals surface area contributed by atoms with Crippen LogP contribution in [0.5, 0.6) is 5.75 Å². The fourth-order valence-corrected chi connectivity index (χ4v) is 6.05. The third-order valence-electron chi connectivity index (χ3n) is 5.10. The Hall–Kier alpha value is -2.69. The summed E-state index contributed by atoms with van der Waals surface area (Å²) in [6.45, 7) is 0.190. The highest BCUT2D eigenvalue weighted by Crippen LogP contribution is 2.30. The normalized spacial score (nSPS) is 11.4. The van der Waals surface area contributed by atoms with Gasteiger partial charge in [-0.25, -0.2) is 4.98 Å². The Bertz CT molecular complexity index is 1710. The van der Waals surface area contributed by atoms with E-state index < -0.39 is 0 Å². The molecule has 0 radical (unpaired) electrons. The Morgan fingerprint density at radius 2 is 1.91 bits per heavy atom. The van der Waals surface area contributed by atoms with Crippen molar-refractivity contribution in [3.63, 3.8) is 0 Å². The van der Waals surface area contributed by atoms with E-state index in [0.29, 0.717) is 28.1 Å². The van der Waals surface area contributed by atoms with Crippen molar-refractivity contribution >= 4 is 89.2 Å². The first-order valence-electron chi connectivity index (χ1n) is 10.3. The molecule has 5 aromatic rings. The molecule has 6 nitrogen and oxygen atoms in total. The molecular formula is C26H14BrI2N3O3. The van der Waals surface area contributed by atoms with E-state index in [4.69, 9.17) is 20.6 Å². The van der Waals surface area contributed by atoms with E-state index in [1.165, 1.54) is 4.68 Å². The van der Waals surface area contributed by atoms with Crippen molar-refractivity contribution in [2.45, 2.75) is 0 Å². The molecule has 35 heavy (non-hydrogen) atoms. The van der Waals surface area contributed by atoms with E-state index in [0.717, 1.165) is 28.3 Å². The molecular weight excluding hydrogens is 736 g/mol. The minimum absolute atomic E-state index is 0.190. The van der Waals surface area contributed by atoms with E-state index in [2.05, 4.69) is 72.1 Å². The van der Waals surface area contributed by atoms with Crippen LogP contribution in [0, 0.1) is 19.5 Å². The maximum absolute atomic E-state index is 13.4. The molecule has 0 amide bonds. The lowest BCUT2D eigenvalue weighted by Crippen LogP contribution is -2.20. The number of aromatic nitrogens is 2. The van der Waals surface area contributed by atoms with Crippen LogP contribution in [0.3, 0.4) is 0 Å². The third kappa shape index (κ3) is 4.87. The van der Waals surface area contributed by atoms with Crippen LogP contribution in [-0.2, 0) is 0 Å². The SMILES string of the molecule is C#CCOc1c(I)cc(C=Nn2c(-c3cc4cc(Br)ccc4o3)nc3ccccc3c2=O)cc1I. The number of hydrogen-bond donors (Lipinski definition) is 0. The minimum Gasteiger partial charge on any atom is -0.479 e. The first kappa shape index (κ1) is 24.0. The summed E-state index contributed by atoms with van der Waals surface area (Å²) >= 11 is 7.86. The number of halogens is 3. The van der Waals surface area contributed by atoms with Gasteiger partial charge in [-0.15, -0.1) is 6.42 Å². The number of rotatable bonds is 5. The van der Waals surface area contributed by atoms with Gasteiger partial charge < -0.3 is 9.15 Å². The van der Waals surface area contributed by atoms with Crippen molar-refractivity contribution < 1.29 is 9.15 Å². The average molecular weight is 750 g/mol. The Kier molecular flexibility index (Phi) is 6.95. The van der Waals surface area contributed by atoms with E-state index in [9.17, 15) is 4.79 Å². The summed E-state index contributed by atoms with van der Waals surface area (Å²) in [6.07, 6.45) is 6.94. The van der Waals surface area contributed by atoms with Gasteiger partial charge in [-0.2, -0.15) is 9.78 Å². The highest BCUT2D eigenvalue weighted by atomic mass is 127. The van der Waals surface area contributed by atoms with E-state index >= 15 is 0 Å². The number of nitrogens with zero attached hydrogens (tertiary/aromatic N) is 3. The van der Waals surface area contributed by atoms with Crippen LogP contribution in [0.2, 0.25) is 0 Å². The average Bonchev–Trinajstić information content (AvgIpc) is 3.26. The molecule has 0 saturated heterocycles. The molecule has 0 aliphatic rings. The van der Waals surface area contributed by atoms with Gasteiger partial charge >= 0.3 is 0 Å². The van der Waals surface area contributed by atoms with Crippen LogP contribution in [0.25, 0.3) is 33.5 Å². The number of para-hydroxylation sites is 1. The Balaban J connectivity index is 1.65. The molecule has 0 unspecified atom stereocenters. The maximum atomic E-state index is 13.4. The van der Waals surface area contributed by atoms with Crippen molar-refractivity contribution in [2.75, 3.05) is 6.61 Å². The quantitative estimate of drug-likeness (QED) is 0.114. The molecule has 0 aliphatic heterocycles. The Morgan fingerprint density at radius 1 is 1.14 bits per heavy atom. The first-order valence-corrected chi connectivity index (χ1v) is 13.2. The molecule has 172 valence electrons. The predicted molar refractivity (Wildman–Crippen MR) is 158 cm³/mol. The first-order chi connectivity index (χ1) is 16.9. The van der Waals surface area contributed by atoms with Crippen LogP contribution in [0.4, 0.5) is 0 Å². The van der Waals surface area contributed by atoms with Gasteiger partial charge in [0.05, 0.1) is 24.3 Å². The van der Waals surface area contributed by atoms with Gasteiger partial charge in [0.1, 0.15) is 17.9 Å². The summed E-state index contributed by atoms with van der Waals surface area (Å²) < 4.78 is 15.7. The molecule has 0 fully saturated rings. The van der Waals surface area contributed by atoms with Gasteiger partial charge in [0, 0.05) is 9.86 Å². The second-order valence-electron chi connectivity index (χ2n) is 7.41. The monoisotopic (exact) mass is 749 g/mol. The zero-order chi connectivity index (χ0) is 24.5. The second kappa shape index (κ2) is 10.1. The van der Waals surface area contributed by atoms with Crippen molar-refractivity contribution in [1.29, 1.82) is 0 Å². The smallest absolute Gasteiger partial charge is 0.282 e. The van der Waals surface area contributed by atoms with Crippen molar-refractivity contribution in [3.8, 4) is 29.7 Å². The Labute approximate surface area is 235 Å². The number of ether oxygens (including phenoxy) is 1. The summed E-state index contributed by atoms with van der Waals surface area (Å²) in [5, 5.41) is 5.89. The molecule has 9 heteroatoms. The van der Waals surface area contributed by atoms with Crippen LogP contribution >= 0.6 is 61.1 Å². The van der Waals surface area contributed by atoms with Gasteiger partial charge in [0.25, 0.3) is 5.56 Å². The lowest BCUT2D eigenvalue weighted by Gasteiger charge is -2.09. The van der Waals surface area contributed by atoms with Crippen molar-refractivity contribution in [2.24, 2.45) is 5.10 Å². The molecule has 0 N–H and O–H groups in total. The molecule has 0 aliphatic carbocycles. The van der Waals surface area contributed by atoms with E-state index in [-0.39, 0.29) is 12.2 Å². The lowest BCUT2D eigenvalue weighted by molar-refractivity contribution is 0.365. The van der Waals surface area contributed by atoms with Gasteiger partial charge in [0.15, 0.2) is 5.76 Å². The largest absolute Gasteiger partial charge is 0.479 e. The van der Waals surface area contributed by atoms with Crippen molar-refractivity contribution in [3.05, 3.63) is 88.2 Å². The highest BCUT2D eigenvalue weighted by molar-refractivity contribution is 14.1. The molecule has 2 aromatic heterocycles. The minimum atomic E-state index is -0.290. The summed E-state index contributed by atoms with van der Waals surface area (Å²) in [7, 11) is 0. The predicted octanol–water partition coefficient (Wildman–Crippen LogP) is 6.68. The molecule has 2 heterocycles. The number of benzene rings is 3. The standard InChI is InChI=1S/C26H14BrI2N3O3/c1-2-9-34-24-19(28)10-15(11-20(24)29)14-30-32-25(31-21-6-4-3-5-18(21)26(32)33)23-13-16-12-17(27)7-8-22(16)35-23/h1,3-8,10-14H,9H2. The number of fused-ring (bicyclic) bond motifs is 2. The maximum Gasteiger partial charge on any atom is 0.282 e. The zero-order valence-electron chi connectivity index (χ0n) is 17.8. The van der Waals surface area contributed by atoms with E-state index in [1.807, 2.05) is 42.5 Å².